The maximum atomic E-state index is 12.4. The molecule has 1 rings (SSSR count). The van der Waals surface area contributed by atoms with Gasteiger partial charge in [-0.2, -0.15) is 0 Å². The Hall–Kier alpha value is -0.440. The van der Waals surface area contributed by atoms with Crippen LogP contribution in [0.1, 0.15) is 41.0 Å². The maximum absolute atomic E-state index is 12.4. The van der Waals surface area contributed by atoms with Gasteiger partial charge in [-0.1, -0.05) is 20.8 Å². The summed E-state index contributed by atoms with van der Waals surface area (Å²) >= 11 is 0. The minimum Gasteiger partial charge on any atom is -0.395 e. The number of halogens is 1. The standard InChI is InChI=1S/C15H30N2O5.ClH/c1-14(2,3)7-15(4,5)17-13(22)9-11(20)12(21)10(19)8(6-18)16-9;/h8-12,16,18-21H,6-7H2,1-5H3,(H,17,22);1H/t8-,9+,10-,11+,12+;/m1./s1. The monoisotopic (exact) mass is 354 g/mol. The largest absolute Gasteiger partial charge is 0.395 e. The van der Waals surface area contributed by atoms with E-state index in [1.54, 1.807) is 0 Å². The Morgan fingerprint density at radius 1 is 1.04 bits per heavy atom. The number of carbonyl (C=O) groups is 1. The second kappa shape index (κ2) is 8.09. The molecule has 0 aliphatic carbocycles. The molecule has 0 aromatic heterocycles. The lowest BCUT2D eigenvalue weighted by Gasteiger charge is -2.42. The Balaban J connectivity index is 0.00000484. The highest BCUT2D eigenvalue weighted by atomic mass is 35.5. The summed E-state index contributed by atoms with van der Waals surface area (Å²) in [7, 11) is 0. The molecule has 23 heavy (non-hydrogen) atoms. The summed E-state index contributed by atoms with van der Waals surface area (Å²) in [6, 6.07) is -1.95. The zero-order valence-electron chi connectivity index (χ0n) is 14.4. The molecule has 1 amide bonds. The summed E-state index contributed by atoms with van der Waals surface area (Å²) in [4.78, 5) is 12.4. The van der Waals surface area contributed by atoms with Crippen LogP contribution < -0.4 is 10.6 Å². The van der Waals surface area contributed by atoms with Gasteiger partial charge in [0.25, 0.3) is 0 Å². The van der Waals surface area contributed by atoms with Crippen molar-refractivity contribution in [2.45, 2.75) is 77.0 Å². The van der Waals surface area contributed by atoms with Crippen molar-refractivity contribution in [2.24, 2.45) is 5.41 Å². The van der Waals surface area contributed by atoms with Crippen molar-refractivity contribution in [3.05, 3.63) is 0 Å². The van der Waals surface area contributed by atoms with E-state index < -0.39 is 48.4 Å². The lowest BCUT2D eigenvalue weighted by molar-refractivity contribution is -0.146. The van der Waals surface area contributed by atoms with E-state index in [0.717, 1.165) is 6.42 Å². The Kier molecular flexibility index (Phi) is 7.94. The van der Waals surface area contributed by atoms with Gasteiger partial charge in [-0.15, -0.1) is 12.4 Å². The molecule has 1 fully saturated rings. The SMILES string of the molecule is CC(C)(C)CC(C)(C)NC(=O)[C@H]1N[C@H](CO)[C@@H](O)[C@H](O)[C@H]1O.Cl. The third kappa shape index (κ3) is 6.17. The minimum absolute atomic E-state index is 0. The van der Waals surface area contributed by atoms with Crippen LogP contribution >= 0.6 is 12.4 Å². The summed E-state index contributed by atoms with van der Waals surface area (Å²) in [5, 5.41) is 44.3. The number of nitrogens with one attached hydrogen (secondary N) is 2. The number of rotatable bonds is 4. The van der Waals surface area contributed by atoms with E-state index in [2.05, 4.69) is 31.4 Å². The molecule has 0 aromatic rings. The zero-order valence-corrected chi connectivity index (χ0v) is 15.2. The molecule has 1 aliphatic rings. The molecule has 0 spiro atoms. The van der Waals surface area contributed by atoms with Crippen LogP contribution in [0.2, 0.25) is 0 Å². The molecule has 5 atom stereocenters. The van der Waals surface area contributed by atoms with E-state index >= 15 is 0 Å². The third-order valence-corrected chi connectivity index (χ3v) is 3.76. The summed E-state index contributed by atoms with van der Waals surface area (Å²) < 4.78 is 0. The van der Waals surface area contributed by atoms with Crippen LogP contribution in [-0.2, 0) is 4.79 Å². The summed E-state index contributed by atoms with van der Waals surface area (Å²) in [6.45, 7) is 9.53. The molecule has 7 nitrogen and oxygen atoms in total. The van der Waals surface area contributed by atoms with Crippen molar-refractivity contribution in [2.75, 3.05) is 6.61 Å². The first-order valence-electron chi connectivity index (χ1n) is 7.61. The van der Waals surface area contributed by atoms with Gasteiger partial charge in [0.2, 0.25) is 5.91 Å². The van der Waals surface area contributed by atoms with Gasteiger partial charge in [0.15, 0.2) is 0 Å². The summed E-state index contributed by atoms with van der Waals surface area (Å²) in [5.74, 6) is -0.467. The van der Waals surface area contributed by atoms with E-state index in [9.17, 15) is 25.2 Å². The van der Waals surface area contributed by atoms with Crippen molar-refractivity contribution < 1.29 is 25.2 Å². The molecule has 1 aliphatic heterocycles. The Labute approximate surface area is 143 Å². The van der Waals surface area contributed by atoms with Crippen LogP contribution in [0.4, 0.5) is 0 Å². The van der Waals surface area contributed by atoms with E-state index in [0.29, 0.717) is 0 Å². The predicted octanol–water partition coefficient (Wildman–Crippen LogP) is -0.845. The topological polar surface area (TPSA) is 122 Å². The Morgan fingerprint density at radius 2 is 1.57 bits per heavy atom. The fraction of sp³-hybridized carbons (Fsp3) is 0.933. The molecule has 0 bridgehead atoms. The number of aliphatic hydroxyl groups excluding tert-OH is 4. The van der Waals surface area contributed by atoms with E-state index in [4.69, 9.17) is 0 Å². The minimum atomic E-state index is -1.49. The van der Waals surface area contributed by atoms with Gasteiger partial charge in [-0.05, 0) is 25.7 Å². The lowest BCUT2D eigenvalue weighted by atomic mass is 9.81. The molecule has 8 heteroatoms. The molecule has 6 N–H and O–H groups in total. The Bertz CT molecular complexity index is 398. The van der Waals surface area contributed by atoms with Gasteiger partial charge >= 0.3 is 0 Å². The fourth-order valence-corrected chi connectivity index (χ4v) is 3.24. The maximum Gasteiger partial charge on any atom is 0.240 e. The smallest absolute Gasteiger partial charge is 0.240 e. The van der Waals surface area contributed by atoms with Crippen molar-refractivity contribution in [1.29, 1.82) is 0 Å². The number of carbonyl (C=O) groups excluding carboxylic acids is 1. The molecule has 0 radical (unpaired) electrons. The second-order valence-electron chi connectivity index (χ2n) is 8.02. The number of amides is 1. The number of hydrogen-bond acceptors (Lipinski definition) is 6. The Morgan fingerprint density at radius 3 is 2.00 bits per heavy atom. The van der Waals surface area contributed by atoms with Crippen molar-refractivity contribution in [1.82, 2.24) is 10.6 Å². The molecular weight excluding hydrogens is 324 g/mol. The van der Waals surface area contributed by atoms with Gasteiger partial charge in [0.1, 0.15) is 24.4 Å². The highest BCUT2D eigenvalue weighted by Gasteiger charge is 2.45. The second-order valence-corrected chi connectivity index (χ2v) is 8.02. The molecule has 0 saturated carbocycles. The average Bonchev–Trinajstić information content (AvgIpc) is 2.32. The van der Waals surface area contributed by atoms with Crippen LogP contribution in [0.15, 0.2) is 0 Å². The van der Waals surface area contributed by atoms with Gasteiger partial charge in [-0.3, -0.25) is 10.1 Å². The van der Waals surface area contributed by atoms with Crippen LogP contribution in [0.5, 0.6) is 0 Å². The van der Waals surface area contributed by atoms with Crippen molar-refractivity contribution >= 4 is 18.3 Å². The number of aliphatic hydroxyl groups is 4. The van der Waals surface area contributed by atoms with Crippen LogP contribution in [0, 0.1) is 5.41 Å². The van der Waals surface area contributed by atoms with Gasteiger partial charge in [0.05, 0.1) is 12.6 Å². The summed E-state index contributed by atoms with van der Waals surface area (Å²) in [5.41, 5.74) is -0.481. The van der Waals surface area contributed by atoms with Crippen LogP contribution in [0.3, 0.4) is 0 Å². The van der Waals surface area contributed by atoms with Crippen LogP contribution in [0.25, 0.3) is 0 Å². The van der Waals surface area contributed by atoms with E-state index in [1.165, 1.54) is 0 Å². The number of piperidine rings is 1. The van der Waals surface area contributed by atoms with E-state index in [1.807, 2.05) is 13.8 Å². The fourth-order valence-electron chi connectivity index (χ4n) is 3.24. The first-order valence-corrected chi connectivity index (χ1v) is 7.61. The first-order chi connectivity index (χ1) is 9.88. The van der Waals surface area contributed by atoms with Gasteiger partial charge < -0.3 is 25.7 Å². The van der Waals surface area contributed by atoms with Crippen molar-refractivity contribution in [3.8, 4) is 0 Å². The van der Waals surface area contributed by atoms with Crippen molar-refractivity contribution in [3.63, 3.8) is 0 Å². The highest BCUT2D eigenvalue weighted by Crippen LogP contribution is 2.27. The van der Waals surface area contributed by atoms with Crippen LogP contribution in [-0.4, -0.2) is 68.9 Å². The highest BCUT2D eigenvalue weighted by molar-refractivity contribution is 5.85. The molecule has 1 heterocycles. The average molecular weight is 355 g/mol. The first kappa shape index (κ1) is 22.6. The quantitative estimate of drug-likeness (QED) is 0.391. The lowest BCUT2D eigenvalue weighted by Crippen LogP contribution is -2.70. The zero-order chi connectivity index (χ0) is 17.3. The van der Waals surface area contributed by atoms with Gasteiger partial charge in [-0.25, -0.2) is 0 Å². The molecule has 0 unspecified atom stereocenters. The molecular formula is C15H31ClN2O5. The number of hydrogen-bond donors (Lipinski definition) is 6. The van der Waals surface area contributed by atoms with Gasteiger partial charge in [0, 0.05) is 5.54 Å². The summed E-state index contributed by atoms with van der Waals surface area (Å²) in [6.07, 6.45) is -3.53. The molecule has 1 saturated heterocycles. The molecule has 138 valence electrons. The molecule has 0 aromatic carbocycles. The third-order valence-electron chi connectivity index (χ3n) is 3.76. The normalized spacial score (nSPS) is 32.1. The van der Waals surface area contributed by atoms with E-state index in [-0.39, 0.29) is 17.8 Å². The predicted molar refractivity (Wildman–Crippen MR) is 89.4 cm³/mol.